The normalized spacial score (nSPS) is 13.2. The first-order valence-electron chi connectivity index (χ1n) is 4.75. The lowest BCUT2D eigenvalue weighted by atomic mass is 10.0. The van der Waals surface area contributed by atoms with E-state index >= 15 is 0 Å². The predicted molar refractivity (Wildman–Crippen MR) is 52.6 cm³/mol. The molecule has 16 heavy (non-hydrogen) atoms. The molecule has 0 bridgehead atoms. The third kappa shape index (κ3) is 1.66. The van der Waals surface area contributed by atoms with Crippen molar-refractivity contribution in [2.75, 3.05) is 6.54 Å². The second-order valence-corrected chi connectivity index (χ2v) is 3.42. The largest absolute Gasteiger partial charge is 0.388 e. The van der Waals surface area contributed by atoms with E-state index in [4.69, 9.17) is 5.73 Å². The first-order chi connectivity index (χ1) is 7.65. The number of aliphatic hydroxyl groups is 1. The van der Waals surface area contributed by atoms with Gasteiger partial charge in [-0.25, -0.2) is 8.78 Å². The number of aliphatic hydroxyl groups excluding tert-OH is 1. The van der Waals surface area contributed by atoms with Crippen LogP contribution >= 0.6 is 0 Å². The summed E-state index contributed by atoms with van der Waals surface area (Å²) in [6.07, 6.45) is -0.0303. The third-order valence-electron chi connectivity index (χ3n) is 2.36. The fourth-order valence-electron chi connectivity index (χ4n) is 1.57. The van der Waals surface area contributed by atoms with Gasteiger partial charge in [-0.05, 0) is 13.0 Å². The highest BCUT2D eigenvalue weighted by Gasteiger charge is 2.21. The molecule has 2 aromatic rings. The van der Waals surface area contributed by atoms with Crippen molar-refractivity contribution in [2.45, 2.75) is 12.5 Å². The highest BCUT2D eigenvalue weighted by molar-refractivity contribution is 5.77. The molecular weight excluding hydrogens is 218 g/mol. The molecule has 0 fully saturated rings. The van der Waals surface area contributed by atoms with Gasteiger partial charge < -0.3 is 15.4 Å². The van der Waals surface area contributed by atoms with Gasteiger partial charge in [0.2, 0.25) is 0 Å². The van der Waals surface area contributed by atoms with Gasteiger partial charge in [-0.15, -0.1) is 0 Å². The maximum absolute atomic E-state index is 13.8. The van der Waals surface area contributed by atoms with Crippen molar-refractivity contribution in [3.8, 4) is 0 Å². The van der Waals surface area contributed by atoms with Gasteiger partial charge in [-0.3, -0.25) is 0 Å². The van der Waals surface area contributed by atoms with Crippen molar-refractivity contribution in [2.24, 2.45) is 5.73 Å². The topological polar surface area (TPSA) is 72.3 Å². The van der Waals surface area contributed by atoms with Gasteiger partial charge in [0, 0.05) is 6.07 Å². The average Bonchev–Trinajstić information content (AvgIpc) is 2.66. The third-order valence-corrected chi connectivity index (χ3v) is 2.36. The van der Waals surface area contributed by atoms with Crippen molar-refractivity contribution >= 4 is 11.0 Å². The molecule has 3 N–H and O–H groups in total. The van der Waals surface area contributed by atoms with Gasteiger partial charge in [-0.1, -0.05) is 5.16 Å². The van der Waals surface area contributed by atoms with Gasteiger partial charge in [0.1, 0.15) is 11.6 Å². The van der Waals surface area contributed by atoms with E-state index in [0.29, 0.717) is 0 Å². The van der Waals surface area contributed by atoms with E-state index in [0.717, 1.165) is 12.3 Å². The highest BCUT2D eigenvalue weighted by atomic mass is 19.1. The summed E-state index contributed by atoms with van der Waals surface area (Å²) in [5.74, 6) is -1.71. The van der Waals surface area contributed by atoms with Crippen LogP contribution in [0.5, 0.6) is 0 Å². The van der Waals surface area contributed by atoms with Crippen LogP contribution in [-0.2, 0) is 0 Å². The number of hydrogen-bond donors (Lipinski definition) is 2. The molecule has 6 heteroatoms. The minimum absolute atomic E-state index is 0.0127. The Morgan fingerprint density at radius 3 is 2.94 bits per heavy atom. The zero-order valence-electron chi connectivity index (χ0n) is 8.28. The van der Waals surface area contributed by atoms with Gasteiger partial charge >= 0.3 is 0 Å². The van der Waals surface area contributed by atoms with E-state index < -0.39 is 17.7 Å². The minimum atomic E-state index is -1.26. The molecule has 1 aromatic carbocycles. The van der Waals surface area contributed by atoms with E-state index in [1.54, 1.807) is 0 Å². The predicted octanol–water partition coefficient (Wildman–Crippen LogP) is 1.49. The lowest BCUT2D eigenvalue weighted by molar-refractivity contribution is 0.161. The number of nitrogens with two attached hydrogens (primary N) is 1. The van der Waals surface area contributed by atoms with E-state index in [2.05, 4.69) is 9.68 Å². The van der Waals surface area contributed by atoms with Gasteiger partial charge in [0.25, 0.3) is 0 Å². The molecule has 0 radical (unpaired) electrons. The summed E-state index contributed by atoms with van der Waals surface area (Å²) in [7, 11) is 0. The molecule has 0 saturated heterocycles. The number of benzene rings is 1. The van der Waals surface area contributed by atoms with Crippen LogP contribution in [0.15, 0.2) is 16.8 Å². The lowest BCUT2D eigenvalue weighted by Crippen LogP contribution is -2.10. The number of hydrogen-bond acceptors (Lipinski definition) is 4. The van der Waals surface area contributed by atoms with Gasteiger partial charge in [-0.2, -0.15) is 0 Å². The van der Waals surface area contributed by atoms with Crippen LogP contribution in [0.2, 0.25) is 0 Å². The maximum Gasteiger partial charge on any atom is 0.172 e. The van der Waals surface area contributed by atoms with Crippen LogP contribution in [0.3, 0.4) is 0 Å². The summed E-state index contributed by atoms with van der Waals surface area (Å²) in [6.45, 7) is 0.141. The van der Waals surface area contributed by atoms with E-state index in [1.165, 1.54) is 0 Å². The summed E-state index contributed by atoms with van der Waals surface area (Å²) in [6, 6.07) is 1.00. The van der Waals surface area contributed by atoms with Crippen LogP contribution in [0.25, 0.3) is 11.0 Å². The van der Waals surface area contributed by atoms with Gasteiger partial charge in [0.15, 0.2) is 5.58 Å². The van der Waals surface area contributed by atoms with Crippen LogP contribution in [-0.4, -0.2) is 16.8 Å². The molecule has 86 valence electrons. The Hall–Kier alpha value is -1.53. The molecule has 1 unspecified atom stereocenters. The fourth-order valence-corrected chi connectivity index (χ4v) is 1.57. The van der Waals surface area contributed by atoms with E-state index in [1.807, 2.05) is 0 Å². The summed E-state index contributed by atoms with van der Waals surface area (Å²) in [5.41, 5.74) is 4.85. The van der Waals surface area contributed by atoms with E-state index in [-0.39, 0.29) is 29.5 Å². The zero-order valence-corrected chi connectivity index (χ0v) is 8.28. The average molecular weight is 228 g/mol. The second-order valence-electron chi connectivity index (χ2n) is 3.42. The van der Waals surface area contributed by atoms with Crippen LogP contribution in [0.1, 0.15) is 18.1 Å². The monoisotopic (exact) mass is 228 g/mol. The first-order valence-corrected chi connectivity index (χ1v) is 4.75. The molecular formula is C10H10F2N2O2. The van der Waals surface area contributed by atoms with Crippen molar-refractivity contribution in [3.05, 3.63) is 29.5 Å². The molecule has 0 saturated carbocycles. The number of rotatable bonds is 3. The standard InChI is InChI=1S/C10H10F2N2O2/c11-6-3-8-5(4-14-16-8)10(12)9(6)7(15)1-2-13/h3-4,7,15H,1-2,13H2. The highest BCUT2D eigenvalue weighted by Crippen LogP contribution is 2.29. The van der Waals surface area contributed by atoms with E-state index in [9.17, 15) is 13.9 Å². The fraction of sp³-hybridized carbons (Fsp3) is 0.300. The smallest absolute Gasteiger partial charge is 0.172 e. The molecule has 4 nitrogen and oxygen atoms in total. The molecule has 2 rings (SSSR count). The van der Waals surface area contributed by atoms with Crippen molar-refractivity contribution < 1.29 is 18.4 Å². The van der Waals surface area contributed by atoms with Gasteiger partial charge in [0.05, 0.1) is 23.3 Å². The molecule has 0 aliphatic rings. The maximum atomic E-state index is 13.8. The zero-order chi connectivity index (χ0) is 11.7. The molecule has 0 amide bonds. The Bertz CT molecular complexity index is 513. The lowest BCUT2D eigenvalue weighted by Gasteiger charge is -2.11. The summed E-state index contributed by atoms with van der Waals surface area (Å²) in [4.78, 5) is 0. The number of fused-ring (bicyclic) bond motifs is 1. The summed E-state index contributed by atoms with van der Waals surface area (Å²) >= 11 is 0. The second kappa shape index (κ2) is 4.15. The summed E-state index contributed by atoms with van der Waals surface area (Å²) in [5, 5.41) is 13.0. The molecule has 1 aromatic heterocycles. The summed E-state index contributed by atoms with van der Waals surface area (Å²) < 4.78 is 31.9. The Balaban J connectivity index is 2.59. The Morgan fingerprint density at radius 1 is 1.50 bits per heavy atom. The minimum Gasteiger partial charge on any atom is -0.388 e. The molecule has 0 spiro atoms. The number of halogens is 2. The quantitative estimate of drug-likeness (QED) is 0.834. The first kappa shape index (κ1) is 11.0. The van der Waals surface area contributed by atoms with Crippen molar-refractivity contribution in [1.29, 1.82) is 0 Å². The van der Waals surface area contributed by atoms with Crippen molar-refractivity contribution in [1.82, 2.24) is 5.16 Å². The molecule has 0 aliphatic heterocycles. The Kier molecular flexibility index (Phi) is 2.84. The Morgan fingerprint density at radius 2 is 2.25 bits per heavy atom. The van der Waals surface area contributed by atoms with Crippen LogP contribution in [0, 0.1) is 11.6 Å². The molecule has 1 atom stereocenters. The SMILES string of the molecule is NCCC(O)c1c(F)cc2oncc2c1F. The van der Waals surface area contributed by atoms with Crippen molar-refractivity contribution in [3.63, 3.8) is 0 Å². The molecule has 1 heterocycles. The number of nitrogens with zero attached hydrogens (tertiary/aromatic N) is 1. The van der Waals surface area contributed by atoms with Crippen LogP contribution < -0.4 is 5.73 Å². The van der Waals surface area contributed by atoms with Crippen LogP contribution in [0.4, 0.5) is 8.78 Å². The number of aromatic nitrogens is 1. The molecule has 0 aliphatic carbocycles. The Labute approximate surface area is 89.6 Å².